The summed E-state index contributed by atoms with van der Waals surface area (Å²) >= 11 is 0. The van der Waals surface area contributed by atoms with E-state index in [4.69, 9.17) is 4.74 Å². The maximum Gasteiger partial charge on any atom is 0.410 e. The van der Waals surface area contributed by atoms with E-state index in [0.717, 1.165) is 24.8 Å². The van der Waals surface area contributed by atoms with Crippen LogP contribution in [-0.2, 0) is 10.3 Å². The Hall–Kier alpha value is -3.11. The van der Waals surface area contributed by atoms with Crippen LogP contribution in [0.2, 0.25) is 0 Å². The maximum atomic E-state index is 13.5. The van der Waals surface area contributed by atoms with E-state index in [1.165, 1.54) is 27.8 Å². The van der Waals surface area contributed by atoms with Crippen molar-refractivity contribution < 1.29 is 14.6 Å². The summed E-state index contributed by atoms with van der Waals surface area (Å²) in [5.74, 6) is 0.394. The number of benzene rings is 3. The van der Waals surface area contributed by atoms with E-state index in [-0.39, 0.29) is 24.1 Å². The highest BCUT2D eigenvalue weighted by molar-refractivity contribution is 5.79. The highest BCUT2D eigenvalue weighted by atomic mass is 16.6. The van der Waals surface area contributed by atoms with Crippen molar-refractivity contribution in [3.63, 3.8) is 0 Å². The van der Waals surface area contributed by atoms with Crippen LogP contribution in [0.3, 0.4) is 0 Å². The SMILES string of the molecule is CC(C)c1ccccc1C1(O)CC2CCCC(C1)N2C(=O)OCC1c2ccccc2-c2ccccc21. The molecule has 0 saturated carbocycles. The molecule has 4 heteroatoms. The zero-order valence-electron chi connectivity index (χ0n) is 21.2. The molecule has 6 rings (SSSR count). The predicted octanol–water partition coefficient (Wildman–Crippen LogP) is 6.96. The van der Waals surface area contributed by atoms with Gasteiger partial charge in [0.1, 0.15) is 6.61 Å². The van der Waals surface area contributed by atoms with Gasteiger partial charge in [-0.2, -0.15) is 0 Å². The molecule has 2 saturated heterocycles. The van der Waals surface area contributed by atoms with Crippen molar-refractivity contribution in [1.29, 1.82) is 0 Å². The van der Waals surface area contributed by atoms with Crippen LogP contribution in [-0.4, -0.2) is 34.8 Å². The van der Waals surface area contributed by atoms with Crippen LogP contribution in [0.15, 0.2) is 72.8 Å². The van der Waals surface area contributed by atoms with Crippen molar-refractivity contribution in [2.75, 3.05) is 6.61 Å². The zero-order valence-corrected chi connectivity index (χ0v) is 21.2. The minimum Gasteiger partial charge on any atom is -0.448 e. The number of fused-ring (bicyclic) bond motifs is 5. The first-order valence-electron chi connectivity index (χ1n) is 13.4. The van der Waals surface area contributed by atoms with E-state index in [1.54, 1.807) is 0 Å². The van der Waals surface area contributed by atoms with Crippen LogP contribution in [0.5, 0.6) is 0 Å². The molecule has 186 valence electrons. The Morgan fingerprint density at radius 2 is 1.47 bits per heavy atom. The lowest BCUT2D eigenvalue weighted by Gasteiger charge is -2.52. The van der Waals surface area contributed by atoms with Crippen molar-refractivity contribution in [2.24, 2.45) is 0 Å². The normalized spacial score (nSPS) is 24.9. The molecule has 0 spiro atoms. The highest BCUT2D eigenvalue weighted by Crippen LogP contribution is 2.47. The number of carbonyl (C=O) groups is 1. The van der Waals surface area contributed by atoms with E-state index in [1.807, 2.05) is 11.0 Å². The number of hydrogen-bond acceptors (Lipinski definition) is 3. The fourth-order valence-corrected chi connectivity index (χ4v) is 7.04. The van der Waals surface area contributed by atoms with Crippen LogP contribution in [0.25, 0.3) is 11.1 Å². The molecule has 3 aliphatic rings. The van der Waals surface area contributed by atoms with E-state index in [0.29, 0.717) is 25.4 Å². The van der Waals surface area contributed by atoms with Crippen LogP contribution >= 0.6 is 0 Å². The standard InChI is InChI=1S/C32H35NO3/c1-21(2)24-12-7-8-17-30(24)32(35)18-22-10-9-11-23(19-32)33(22)31(34)36-20-29-27-15-5-3-13-25(27)26-14-4-6-16-28(26)29/h3-8,12-17,21-23,29,35H,9-11,18-20H2,1-2H3. The molecule has 1 amide bonds. The van der Waals surface area contributed by atoms with Crippen LogP contribution in [0.1, 0.15) is 80.0 Å². The van der Waals surface area contributed by atoms with Crippen molar-refractivity contribution in [1.82, 2.24) is 4.90 Å². The number of aliphatic hydroxyl groups is 1. The quantitative estimate of drug-likeness (QED) is 0.438. The largest absolute Gasteiger partial charge is 0.448 e. The van der Waals surface area contributed by atoms with Gasteiger partial charge in [-0.1, -0.05) is 86.6 Å². The molecule has 4 nitrogen and oxygen atoms in total. The van der Waals surface area contributed by atoms with E-state index in [2.05, 4.69) is 80.6 Å². The van der Waals surface area contributed by atoms with E-state index < -0.39 is 5.60 Å². The molecule has 3 aromatic rings. The second-order valence-electron chi connectivity index (χ2n) is 11.1. The Kier molecular flexibility index (Phi) is 5.88. The number of rotatable bonds is 4. The Morgan fingerprint density at radius 3 is 2.08 bits per heavy atom. The number of carbonyl (C=O) groups excluding carboxylic acids is 1. The van der Waals surface area contributed by atoms with Crippen molar-refractivity contribution in [2.45, 2.75) is 75.5 Å². The summed E-state index contributed by atoms with van der Waals surface area (Å²) in [6.07, 6.45) is 3.81. The zero-order chi connectivity index (χ0) is 24.9. The first kappa shape index (κ1) is 23.3. The Bertz CT molecular complexity index is 1220. The van der Waals surface area contributed by atoms with Gasteiger partial charge in [-0.25, -0.2) is 4.79 Å². The molecular formula is C32H35NO3. The molecule has 0 aromatic heterocycles. The van der Waals surface area contributed by atoms with Crippen molar-refractivity contribution in [3.05, 3.63) is 95.1 Å². The highest BCUT2D eigenvalue weighted by Gasteiger charge is 2.49. The Balaban J connectivity index is 1.22. The van der Waals surface area contributed by atoms with Crippen molar-refractivity contribution in [3.8, 4) is 11.1 Å². The predicted molar refractivity (Wildman–Crippen MR) is 142 cm³/mol. The summed E-state index contributed by atoms with van der Waals surface area (Å²) in [6, 6.07) is 25.1. The van der Waals surface area contributed by atoms with E-state index in [9.17, 15) is 9.90 Å². The summed E-state index contributed by atoms with van der Waals surface area (Å²) in [7, 11) is 0. The second-order valence-corrected chi connectivity index (χ2v) is 11.1. The number of nitrogens with zero attached hydrogens (tertiary/aromatic N) is 1. The molecule has 2 bridgehead atoms. The van der Waals surface area contributed by atoms with Gasteiger partial charge in [0, 0.05) is 30.8 Å². The Labute approximate surface area is 213 Å². The van der Waals surface area contributed by atoms with Gasteiger partial charge in [0.2, 0.25) is 0 Å². The summed E-state index contributed by atoms with van der Waals surface area (Å²) in [4.78, 5) is 15.5. The number of hydrogen-bond donors (Lipinski definition) is 1. The molecular weight excluding hydrogens is 446 g/mol. The van der Waals surface area contributed by atoms with Crippen molar-refractivity contribution >= 4 is 6.09 Å². The Morgan fingerprint density at radius 1 is 0.917 bits per heavy atom. The summed E-state index contributed by atoms with van der Waals surface area (Å²) in [5, 5.41) is 11.9. The number of ether oxygens (including phenoxy) is 1. The maximum absolute atomic E-state index is 13.5. The van der Waals surface area contributed by atoms with Gasteiger partial charge in [0.15, 0.2) is 0 Å². The molecule has 1 N–H and O–H groups in total. The minimum atomic E-state index is -0.906. The molecule has 2 aliphatic heterocycles. The fourth-order valence-electron chi connectivity index (χ4n) is 7.04. The van der Waals surface area contributed by atoms with E-state index >= 15 is 0 Å². The molecule has 2 heterocycles. The van der Waals surface area contributed by atoms with Crippen LogP contribution in [0, 0.1) is 0 Å². The number of piperidine rings is 2. The molecule has 2 atom stereocenters. The van der Waals surface area contributed by atoms with Crippen LogP contribution < -0.4 is 0 Å². The minimum absolute atomic E-state index is 0.00151. The van der Waals surface area contributed by atoms with Gasteiger partial charge in [0.25, 0.3) is 0 Å². The van der Waals surface area contributed by atoms with Gasteiger partial charge >= 0.3 is 6.09 Å². The third-order valence-corrected chi connectivity index (χ3v) is 8.64. The molecule has 1 aliphatic carbocycles. The summed E-state index contributed by atoms with van der Waals surface area (Å²) in [5.41, 5.74) is 6.25. The molecule has 3 aromatic carbocycles. The smallest absolute Gasteiger partial charge is 0.410 e. The third kappa shape index (κ3) is 3.83. The van der Waals surface area contributed by atoms with Gasteiger partial charge in [0.05, 0.1) is 5.60 Å². The summed E-state index contributed by atoms with van der Waals surface area (Å²) < 4.78 is 6.06. The average molecular weight is 482 g/mol. The lowest BCUT2D eigenvalue weighted by atomic mass is 9.71. The van der Waals surface area contributed by atoms with Gasteiger partial charge in [-0.15, -0.1) is 0 Å². The lowest BCUT2D eigenvalue weighted by molar-refractivity contribution is -0.0895. The molecule has 0 radical (unpaired) electrons. The molecule has 36 heavy (non-hydrogen) atoms. The molecule has 2 fully saturated rings. The fraction of sp³-hybridized carbons (Fsp3) is 0.406. The number of amides is 1. The second kappa shape index (κ2) is 9.08. The van der Waals surface area contributed by atoms with Crippen LogP contribution in [0.4, 0.5) is 4.79 Å². The average Bonchev–Trinajstić information content (AvgIpc) is 3.20. The molecule has 2 unspecified atom stereocenters. The first-order valence-corrected chi connectivity index (χ1v) is 13.4. The third-order valence-electron chi connectivity index (χ3n) is 8.64. The first-order chi connectivity index (χ1) is 17.5. The summed E-state index contributed by atoms with van der Waals surface area (Å²) in [6.45, 7) is 4.69. The van der Waals surface area contributed by atoms with Gasteiger partial charge < -0.3 is 14.7 Å². The van der Waals surface area contributed by atoms with Gasteiger partial charge in [-0.3, -0.25) is 0 Å². The van der Waals surface area contributed by atoms with Gasteiger partial charge in [-0.05, 0) is 58.6 Å². The lowest BCUT2D eigenvalue weighted by Crippen LogP contribution is -2.59. The topological polar surface area (TPSA) is 49.8 Å². The monoisotopic (exact) mass is 481 g/mol.